The van der Waals surface area contributed by atoms with Gasteiger partial charge < -0.3 is 20.1 Å². The summed E-state index contributed by atoms with van der Waals surface area (Å²) in [6.45, 7) is 2.98. The minimum Gasteiger partial charge on any atom is -0.493 e. The van der Waals surface area contributed by atoms with Crippen LogP contribution in [-0.4, -0.2) is 38.9 Å². The monoisotopic (exact) mass is 388 g/mol. The molecule has 1 aromatic carbocycles. The van der Waals surface area contributed by atoms with Gasteiger partial charge in [0.25, 0.3) is 0 Å². The van der Waals surface area contributed by atoms with Gasteiger partial charge in [-0.25, -0.2) is 0 Å². The van der Waals surface area contributed by atoms with Gasteiger partial charge in [-0.2, -0.15) is 13.2 Å². The maximum atomic E-state index is 12.3. The van der Waals surface area contributed by atoms with E-state index in [-0.39, 0.29) is 24.0 Å². The van der Waals surface area contributed by atoms with Crippen molar-refractivity contribution in [2.45, 2.75) is 38.9 Å². The van der Waals surface area contributed by atoms with Gasteiger partial charge in [0.2, 0.25) is 5.91 Å². The average Bonchev–Trinajstić information content (AvgIpc) is 2.65. The third-order valence-electron chi connectivity index (χ3n) is 4.76. The average molecular weight is 388 g/mol. The molecule has 5 nitrogen and oxygen atoms in total. The summed E-state index contributed by atoms with van der Waals surface area (Å²) < 4.78 is 46.7. The van der Waals surface area contributed by atoms with Gasteiger partial charge in [0, 0.05) is 13.0 Å². The molecule has 0 radical (unpaired) electrons. The van der Waals surface area contributed by atoms with Crippen molar-refractivity contribution in [3.8, 4) is 11.5 Å². The Morgan fingerprint density at radius 1 is 1.37 bits per heavy atom. The summed E-state index contributed by atoms with van der Waals surface area (Å²) in [6.07, 6.45) is -1.68. The maximum absolute atomic E-state index is 12.3. The van der Waals surface area contributed by atoms with E-state index in [2.05, 4.69) is 17.6 Å². The van der Waals surface area contributed by atoms with Gasteiger partial charge in [-0.3, -0.25) is 4.79 Å². The van der Waals surface area contributed by atoms with E-state index in [0.29, 0.717) is 18.3 Å². The van der Waals surface area contributed by atoms with Gasteiger partial charge in [-0.05, 0) is 55.5 Å². The van der Waals surface area contributed by atoms with Crippen molar-refractivity contribution in [2.24, 2.45) is 11.8 Å². The quantitative estimate of drug-likeness (QED) is 0.718. The third kappa shape index (κ3) is 7.28. The third-order valence-corrected chi connectivity index (χ3v) is 4.76. The molecule has 2 unspecified atom stereocenters. The summed E-state index contributed by atoms with van der Waals surface area (Å²) in [5.74, 6) is 0.987. The summed E-state index contributed by atoms with van der Waals surface area (Å²) in [4.78, 5) is 12.2. The molecule has 1 fully saturated rings. The van der Waals surface area contributed by atoms with E-state index in [1.807, 2.05) is 0 Å². The zero-order valence-corrected chi connectivity index (χ0v) is 15.7. The first kappa shape index (κ1) is 21.3. The van der Waals surface area contributed by atoms with Crippen molar-refractivity contribution in [1.29, 1.82) is 0 Å². The lowest BCUT2D eigenvalue weighted by Gasteiger charge is -2.28. The lowest BCUT2D eigenvalue weighted by atomic mass is 9.85. The van der Waals surface area contributed by atoms with Gasteiger partial charge >= 0.3 is 6.18 Å². The highest BCUT2D eigenvalue weighted by atomic mass is 19.4. The number of carbonyl (C=O) groups is 1. The number of amides is 1. The Morgan fingerprint density at radius 2 is 2.15 bits per heavy atom. The summed E-state index contributed by atoms with van der Waals surface area (Å²) in [6, 6.07) is 4.60. The molecule has 2 N–H and O–H groups in total. The standard InChI is InChI=1S/C19H27F3N2O3/c1-13(15-4-3-7-23-11-15)8-18(25)24-10-14-5-6-16(17(9-14)26-2)27-12-19(20,21)22/h5-6,9,13,15,23H,3-4,7-8,10-12H2,1-2H3,(H,24,25). The van der Waals surface area contributed by atoms with Crippen molar-refractivity contribution >= 4 is 5.91 Å². The highest BCUT2D eigenvalue weighted by Crippen LogP contribution is 2.30. The molecule has 27 heavy (non-hydrogen) atoms. The largest absolute Gasteiger partial charge is 0.493 e. The van der Waals surface area contributed by atoms with Crippen molar-refractivity contribution in [3.63, 3.8) is 0 Å². The fraction of sp³-hybridized carbons (Fsp3) is 0.632. The normalized spacial score (nSPS) is 18.6. The molecule has 1 aliphatic heterocycles. The molecule has 1 aliphatic rings. The van der Waals surface area contributed by atoms with Gasteiger partial charge in [0.15, 0.2) is 18.1 Å². The smallest absolute Gasteiger partial charge is 0.422 e. The lowest BCUT2D eigenvalue weighted by Crippen LogP contribution is -2.35. The first-order valence-electron chi connectivity index (χ1n) is 9.12. The van der Waals surface area contributed by atoms with Crippen LogP contribution in [0.3, 0.4) is 0 Å². The van der Waals surface area contributed by atoms with Gasteiger partial charge in [0.05, 0.1) is 7.11 Å². The molecule has 2 rings (SSSR count). The highest BCUT2D eigenvalue weighted by Gasteiger charge is 2.29. The number of nitrogens with one attached hydrogen (secondary N) is 2. The number of halogens is 3. The molecule has 1 amide bonds. The number of ether oxygens (including phenoxy) is 2. The fourth-order valence-electron chi connectivity index (χ4n) is 3.20. The van der Waals surface area contributed by atoms with Crippen LogP contribution in [0.1, 0.15) is 31.7 Å². The Bertz CT molecular complexity index is 617. The maximum Gasteiger partial charge on any atom is 0.422 e. The minimum absolute atomic E-state index is 0.0170. The zero-order valence-electron chi connectivity index (χ0n) is 15.7. The van der Waals surface area contributed by atoms with Crippen LogP contribution in [0.4, 0.5) is 13.2 Å². The molecule has 1 aromatic rings. The number of hydrogen-bond donors (Lipinski definition) is 2. The predicted molar refractivity (Wildman–Crippen MR) is 95.8 cm³/mol. The molecule has 0 aromatic heterocycles. The number of hydrogen-bond acceptors (Lipinski definition) is 4. The number of methoxy groups -OCH3 is 1. The van der Waals surface area contributed by atoms with Crippen LogP contribution in [0.2, 0.25) is 0 Å². The van der Waals surface area contributed by atoms with E-state index in [1.165, 1.54) is 13.2 Å². The van der Waals surface area contributed by atoms with Crippen LogP contribution in [0, 0.1) is 11.8 Å². The highest BCUT2D eigenvalue weighted by molar-refractivity contribution is 5.76. The summed E-state index contributed by atoms with van der Waals surface area (Å²) >= 11 is 0. The molecular formula is C19H27F3N2O3. The van der Waals surface area contributed by atoms with E-state index >= 15 is 0 Å². The lowest BCUT2D eigenvalue weighted by molar-refractivity contribution is -0.153. The second kappa shape index (κ2) is 9.82. The molecule has 2 atom stereocenters. The second-order valence-corrected chi connectivity index (χ2v) is 6.95. The Morgan fingerprint density at radius 3 is 2.78 bits per heavy atom. The molecule has 8 heteroatoms. The summed E-state index contributed by atoms with van der Waals surface area (Å²) in [7, 11) is 1.36. The van der Waals surface area contributed by atoms with Crippen molar-refractivity contribution in [2.75, 3.05) is 26.8 Å². The SMILES string of the molecule is COc1cc(CNC(=O)CC(C)C2CCCNC2)ccc1OCC(F)(F)F. The van der Waals surface area contributed by atoms with Crippen LogP contribution < -0.4 is 20.1 Å². The van der Waals surface area contributed by atoms with Crippen LogP contribution >= 0.6 is 0 Å². The topological polar surface area (TPSA) is 59.6 Å². The number of alkyl halides is 3. The van der Waals surface area contributed by atoms with Crippen molar-refractivity contribution < 1.29 is 27.4 Å². The van der Waals surface area contributed by atoms with Gasteiger partial charge in [0.1, 0.15) is 0 Å². The number of piperidine rings is 1. The van der Waals surface area contributed by atoms with Crippen LogP contribution in [0.15, 0.2) is 18.2 Å². The zero-order chi connectivity index (χ0) is 19.9. The first-order valence-corrected chi connectivity index (χ1v) is 9.12. The Kier molecular flexibility index (Phi) is 7.77. The number of carbonyl (C=O) groups excluding carboxylic acids is 1. The van der Waals surface area contributed by atoms with Gasteiger partial charge in [-0.15, -0.1) is 0 Å². The Balaban J connectivity index is 1.84. The van der Waals surface area contributed by atoms with Crippen molar-refractivity contribution in [3.05, 3.63) is 23.8 Å². The summed E-state index contributed by atoms with van der Waals surface area (Å²) in [5, 5.41) is 6.22. The molecule has 152 valence electrons. The summed E-state index contributed by atoms with van der Waals surface area (Å²) in [5.41, 5.74) is 0.728. The van der Waals surface area contributed by atoms with Crippen molar-refractivity contribution in [1.82, 2.24) is 10.6 Å². The predicted octanol–water partition coefficient (Wildman–Crippen LogP) is 3.28. The first-order chi connectivity index (χ1) is 12.8. The molecule has 0 aliphatic carbocycles. The molecular weight excluding hydrogens is 361 g/mol. The fourth-order valence-corrected chi connectivity index (χ4v) is 3.20. The Hall–Kier alpha value is -1.96. The molecule has 0 bridgehead atoms. The van der Waals surface area contributed by atoms with E-state index < -0.39 is 12.8 Å². The number of rotatable bonds is 8. The second-order valence-electron chi connectivity index (χ2n) is 6.95. The van der Waals surface area contributed by atoms with E-state index in [4.69, 9.17) is 9.47 Å². The van der Waals surface area contributed by atoms with E-state index in [0.717, 1.165) is 31.5 Å². The van der Waals surface area contributed by atoms with E-state index in [9.17, 15) is 18.0 Å². The minimum atomic E-state index is -4.41. The Labute approximate surface area is 157 Å². The van der Waals surface area contributed by atoms with Crippen LogP contribution in [0.5, 0.6) is 11.5 Å². The molecule has 1 saturated heterocycles. The van der Waals surface area contributed by atoms with E-state index in [1.54, 1.807) is 12.1 Å². The molecule has 1 heterocycles. The molecule has 0 saturated carbocycles. The molecule has 0 spiro atoms. The van der Waals surface area contributed by atoms with Gasteiger partial charge in [-0.1, -0.05) is 13.0 Å². The number of benzene rings is 1. The van der Waals surface area contributed by atoms with Crippen LogP contribution in [-0.2, 0) is 11.3 Å². The van der Waals surface area contributed by atoms with Crippen LogP contribution in [0.25, 0.3) is 0 Å².